The van der Waals surface area contributed by atoms with Crippen LogP contribution in [-0.4, -0.2) is 41.2 Å². The summed E-state index contributed by atoms with van der Waals surface area (Å²) in [6.45, 7) is 0.593. The summed E-state index contributed by atoms with van der Waals surface area (Å²) in [4.78, 5) is 8.39. The van der Waals surface area contributed by atoms with Crippen molar-refractivity contribution < 1.29 is 18.3 Å². The molecule has 4 nitrogen and oxygen atoms in total. The number of anilines is 1. The number of halogens is 3. The van der Waals surface area contributed by atoms with Gasteiger partial charge in [0.05, 0.1) is 18.8 Å². The lowest BCUT2D eigenvalue weighted by atomic mass is 10.3. The zero-order valence-electron chi connectivity index (χ0n) is 9.41. The first-order valence-corrected chi connectivity index (χ1v) is 5.23. The van der Waals surface area contributed by atoms with Gasteiger partial charge in [0.25, 0.3) is 6.43 Å². The lowest BCUT2D eigenvalue weighted by molar-refractivity contribution is 0.152. The highest BCUT2D eigenvalue weighted by Crippen LogP contribution is 2.18. The molecule has 0 aliphatic heterocycles. The van der Waals surface area contributed by atoms with Crippen molar-refractivity contribution in [3.05, 3.63) is 17.8 Å². The van der Waals surface area contributed by atoms with Gasteiger partial charge in [-0.1, -0.05) is 6.92 Å². The highest BCUT2D eigenvalue weighted by Gasteiger charge is 2.19. The summed E-state index contributed by atoms with van der Waals surface area (Å²) in [5.74, 6) is -0.893. The van der Waals surface area contributed by atoms with Crippen molar-refractivity contribution in [2.45, 2.75) is 19.8 Å². The Morgan fingerprint density at radius 3 is 2.65 bits per heavy atom. The van der Waals surface area contributed by atoms with E-state index in [0.29, 0.717) is 6.42 Å². The molecule has 0 amide bonds. The van der Waals surface area contributed by atoms with Crippen molar-refractivity contribution in [2.75, 3.05) is 24.6 Å². The predicted octanol–water partition coefficient (Wildman–Crippen LogP) is 1.24. The van der Waals surface area contributed by atoms with Gasteiger partial charge in [0, 0.05) is 6.54 Å². The SMILES string of the molecule is CCc1ncnc(N(CCO)CC(F)F)c1F. The summed E-state index contributed by atoms with van der Waals surface area (Å²) in [5.41, 5.74) is 0.173. The van der Waals surface area contributed by atoms with Crippen molar-refractivity contribution in [1.82, 2.24) is 9.97 Å². The minimum Gasteiger partial charge on any atom is -0.395 e. The summed E-state index contributed by atoms with van der Waals surface area (Å²) in [6.07, 6.45) is -1.14. The van der Waals surface area contributed by atoms with Crippen LogP contribution in [0.15, 0.2) is 6.33 Å². The van der Waals surface area contributed by atoms with E-state index in [1.807, 2.05) is 0 Å². The van der Waals surface area contributed by atoms with Crippen LogP contribution >= 0.6 is 0 Å². The molecule has 0 radical (unpaired) electrons. The first kappa shape index (κ1) is 13.7. The van der Waals surface area contributed by atoms with Crippen LogP contribution in [0.5, 0.6) is 0 Å². The van der Waals surface area contributed by atoms with Crippen molar-refractivity contribution in [1.29, 1.82) is 0 Å². The molecular formula is C10H14F3N3O. The Labute approximate surface area is 97.1 Å². The molecule has 0 aliphatic carbocycles. The monoisotopic (exact) mass is 249 g/mol. The Morgan fingerprint density at radius 2 is 2.12 bits per heavy atom. The van der Waals surface area contributed by atoms with E-state index in [-0.39, 0.29) is 24.7 Å². The fraction of sp³-hybridized carbons (Fsp3) is 0.600. The van der Waals surface area contributed by atoms with Crippen LogP contribution in [-0.2, 0) is 6.42 Å². The third kappa shape index (κ3) is 3.55. The standard InChI is InChI=1S/C10H14F3N3O/c1-2-7-9(13)10(15-6-14-7)16(3-4-17)5-8(11)12/h6,8,17H,2-5H2,1H3. The lowest BCUT2D eigenvalue weighted by Gasteiger charge is -2.22. The summed E-state index contributed by atoms with van der Waals surface area (Å²) in [5, 5.41) is 8.78. The average molecular weight is 249 g/mol. The molecule has 0 saturated carbocycles. The van der Waals surface area contributed by atoms with E-state index in [0.717, 1.165) is 11.2 Å². The molecule has 0 fully saturated rings. The van der Waals surface area contributed by atoms with Crippen LogP contribution in [0.1, 0.15) is 12.6 Å². The molecule has 1 heterocycles. The van der Waals surface area contributed by atoms with Gasteiger partial charge < -0.3 is 10.0 Å². The first-order chi connectivity index (χ1) is 8.10. The van der Waals surface area contributed by atoms with Crippen LogP contribution < -0.4 is 4.90 Å². The van der Waals surface area contributed by atoms with E-state index in [1.54, 1.807) is 6.92 Å². The van der Waals surface area contributed by atoms with Crippen LogP contribution in [0.4, 0.5) is 19.0 Å². The molecule has 7 heteroatoms. The largest absolute Gasteiger partial charge is 0.395 e. The molecule has 1 rings (SSSR count). The highest BCUT2D eigenvalue weighted by molar-refractivity contribution is 5.41. The van der Waals surface area contributed by atoms with E-state index in [1.165, 1.54) is 0 Å². The normalized spacial score (nSPS) is 10.9. The van der Waals surface area contributed by atoms with Gasteiger partial charge in [0.1, 0.15) is 6.33 Å². The van der Waals surface area contributed by atoms with Gasteiger partial charge in [-0.15, -0.1) is 0 Å². The van der Waals surface area contributed by atoms with Gasteiger partial charge in [-0.2, -0.15) is 0 Å². The Balaban J connectivity index is 3.00. The maximum absolute atomic E-state index is 13.8. The molecule has 1 N–H and O–H groups in total. The molecule has 1 aromatic heterocycles. The highest BCUT2D eigenvalue weighted by atomic mass is 19.3. The minimum atomic E-state index is -2.62. The summed E-state index contributed by atoms with van der Waals surface area (Å²) >= 11 is 0. The van der Waals surface area contributed by atoms with Gasteiger partial charge in [-0.25, -0.2) is 23.1 Å². The zero-order chi connectivity index (χ0) is 12.8. The Hall–Kier alpha value is -1.37. The molecule has 0 bridgehead atoms. The molecule has 0 atom stereocenters. The predicted molar refractivity (Wildman–Crippen MR) is 56.7 cm³/mol. The zero-order valence-corrected chi connectivity index (χ0v) is 9.41. The van der Waals surface area contributed by atoms with E-state index < -0.39 is 18.8 Å². The van der Waals surface area contributed by atoms with E-state index in [9.17, 15) is 13.2 Å². The third-order valence-electron chi connectivity index (χ3n) is 2.21. The Bertz CT molecular complexity index is 363. The van der Waals surface area contributed by atoms with Crippen molar-refractivity contribution in [3.63, 3.8) is 0 Å². The topological polar surface area (TPSA) is 49.2 Å². The van der Waals surface area contributed by atoms with Crippen molar-refractivity contribution in [3.8, 4) is 0 Å². The molecule has 1 aromatic rings. The quantitative estimate of drug-likeness (QED) is 0.824. The number of hydrogen-bond donors (Lipinski definition) is 1. The number of hydrogen-bond acceptors (Lipinski definition) is 4. The molecule has 0 saturated heterocycles. The second-order valence-corrected chi connectivity index (χ2v) is 3.37. The minimum absolute atomic E-state index is 0.0958. The maximum Gasteiger partial charge on any atom is 0.255 e. The van der Waals surface area contributed by atoms with Gasteiger partial charge in [0.15, 0.2) is 11.6 Å². The number of nitrogens with zero attached hydrogens (tertiary/aromatic N) is 3. The van der Waals surface area contributed by atoms with Gasteiger partial charge in [0.2, 0.25) is 0 Å². The van der Waals surface area contributed by atoms with Crippen molar-refractivity contribution in [2.24, 2.45) is 0 Å². The molecule has 0 aliphatic rings. The van der Waals surface area contributed by atoms with E-state index >= 15 is 0 Å². The fourth-order valence-electron chi connectivity index (χ4n) is 1.43. The Morgan fingerprint density at radius 1 is 1.41 bits per heavy atom. The van der Waals surface area contributed by atoms with E-state index in [2.05, 4.69) is 9.97 Å². The Kier molecular flexibility index (Phi) is 5.14. The van der Waals surface area contributed by atoms with Gasteiger partial charge >= 0.3 is 0 Å². The summed E-state index contributed by atoms with van der Waals surface area (Å²) < 4.78 is 38.4. The maximum atomic E-state index is 13.8. The fourth-order valence-corrected chi connectivity index (χ4v) is 1.43. The third-order valence-corrected chi connectivity index (χ3v) is 2.21. The van der Waals surface area contributed by atoms with Crippen molar-refractivity contribution >= 4 is 5.82 Å². The molecule has 96 valence electrons. The number of alkyl halides is 2. The van der Waals surface area contributed by atoms with Crippen LogP contribution in [0, 0.1) is 5.82 Å². The summed E-state index contributed by atoms with van der Waals surface area (Å²) in [6, 6.07) is 0. The number of rotatable bonds is 6. The van der Waals surface area contributed by atoms with Gasteiger partial charge in [-0.05, 0) is 6.42 Å². The second kappa shape index (κ2) is 6.39. The number of aromatic nitrogens is 2. The molecule has 0 spiro atoms. The number of aryl methyl sites for hydroxylation is 1. The first-order valence-electron chi connectivity index (χ1n) is 5.23. The lowest BCUT2D eigenvalue weighted by Crippen LogP contribution is -2.33. The number of aliphatic hydroxyl groups is 1. The molecule has 0 aromatic carbocycles. The summed E-state index contributed by atoms with van der Waals surface area (Å²) in [7, 11) is 0. The number of aliphatic hydroxyl groups excluding tert-OH is 1. The van der Waals surface area contributed by atoms with Gasteiger partial charge in [-0.3, -0.25) is 0 Å². The molecule has 0 unspecified atom stereocenters. The second-order valence-electron chi connectivity index (χ2n) is 3.37. The molecule has 17 heavy (non-hydrogen) atoms. The van der Waals surface area contributed by atoms with E-state index in [4.69, 9.17) is 5.11 Å². The molecular weight excluding hydrogens is 235 g/mol. The average Bonchev–Trinajstić information content (AvgIpc) is 2.28. The smallest absolute Gasteiger partial charge is 0.255 e. The van der Waals surface area contributed by atoms with Crippen LogP contribution in [0.25, 0.3) is 0 Å². The van der Waals surface area contributed by atoms with Crippen LogP contribution in [0.3, 0.4) is 0 Å². The van der Waals surface area contributed by atoms with Crippen LogP contribution in [0.2, 0.25) is 0 Å².